The molecule has 5 heteroatoms. The minimum atomic E-state index is -1.10. The molecule has 0 amide bonds. The van der Waals surface area contributed by atoms with Gasteiger partial charge < -0.3 is 10.5 Å². The van der Waals surface area contributed by atoms with Crippen LogP contribution in [0.4, 0.5) is 4.39 Å². The number of aromatic nitrogens is 2. The van der Waals surface area contributed by atoms with Crippen molar-refractivity contribution >= 4 is 0 Å². The molecule has 4 nitrogen and oxygen atoms in total. The zero-order valence-corrected chi connectivity index (χ0v) is 8.53. The van der Waals surface area contributed by atoms with E-state index in [1.54, 1.807) is 4.68 Å². The summed E-state index contributed by atoms with van der Waals surface area (Å²) in [6.07, 6.45) is 0.724. The first-order chi connectivity index (χ1) is 6.74. The van der Waals surface area contributed by atoms with Crippen molar-refractivity contribution in [3.8, 4) is 5.75 Å². The molecule has 1 aromatic rings. The molecule has 0 radical (unpaired) electrons. The number of aryl methyl sites for hydroxylation is 1. The van der Waals surface area contributed by atoms with E-state index in [1.165, 1.54) is 13.3 Å². The Morgan fingerprint density at radius 3 is 2.93 bits per heavy atom. The van der Waals surface area contributed by atoms with E-state index in [0.717, 1.165) is 0 Å². The molecule has 1 rings (SSSR count). The van der Waals surface area contributed by atoms with Crippen LogP contribution >= 0.6 is 0 Å². The molecule has 0 aliphatic carbocycles. The Morgan fingerprint density at radius 1 is 1.71 bits per heavy atom. The highest BCUT2D eigenvalue weighted by molar-refractivity contribution is 5.27. The van der Waals surface area contributed by atoms with Crippen molar-refractivity contribution in [2.24, 2.45) is 5.73 Å². The minimum absolute atomic E-state index is 0.294. The summed E-state index contributed by atoms with van der Waals surface area (Å²) >= 11 is 0. The lowest BCUT2D eigenvalue weighted by molar-refractivity contribution is 0.292. The number of methoxy groups -OCH3 is 1. The highest BCUT2D eigenvalue weighted by Gasteiger charge is 2.19. The molecule has 0 saturated heterocycles. The molecule has 0 aliphatic heterocycles. The number of nitrogens with zero attached hydrogens (tertiary/aromatic N) is 2. The fourth-order valence-electron chi connectivity index (χ4n) is 1.39. The van der Waals surface area contributed by atoms with Gasteiger partial charge in [-0.2, -0.15) is 5.10 Å². The van der Waals surface area contributed by atoms with Crippen LogP contribution in [0.15, 0.2) is 6.20 Å². The molecule has 0 saturated carbocycles. The summed E-state index contributed by atoms with van der Waals surface area (Å²) in [6, 6.07) is 0. The van der Waals surface area contributed by atoms with Gasteiger partial charge in [-0.1, -0.05) is 0 Å². The maximum Gasteiger partial charge on any atom is 0.162 e. The summed E-state index contributed by atoms with van der Waals surface area (Å²) in [7, 11) is 1.51. The van der Waals surface area contributed by atoms with Crippen LogP contribution < -0.4 is 10.5 Å². The van der Waals surface area contributed by atoms with Crippen LogP contribution in [0, 0.1) is 0 Å². The summed E-state index contributed by atoms with van der Waals surface area (Å²) in [5, 5.41) is 4.02. The van der Waals surface area contributed by atoms with E-state index in [-0.39, 0.29) is 0 Å². The van der Waals surface area contributed by atoms with Crippen LogP contribution in [0.5, 0.6) is 5.75 Å². The second-order valence-corrected chi connectivity index (χ2v) is 2.96. The SMILES string of the molecule is CCn1ncc(OC)c1C(F)CCN. The monoisotopic (exact) mass is 201 g/mol. The summed E-state index contributed by atoms with van der Waals surface area (Å²) in [4.78, 5) is 0. The number of nitrogens with two attached hydrogens (primary N) is 1. The molecule has 0 aliphatic rings. The van der Waals surface area contributed by atoms with Gasteiger partial charge in [0.25, 0.3) is 0 Å². The smallest absolute Gasteiger partial charge is 0.162 e. The average Bonchev–Trinajstić information content (AvgIpc) is 2.60. The second kappa shape index (κ2) is 4.95. The minimum Gasteiger partial charge on any atom is -0.493 e. The maximum atomic E-state index is 13.6. The quantitative estimate of drug-likeness (QED) is 0.780. The van der Waals surface area contributed by atoms with Crippen molar-refractivity contribution in [1.29, 1.82) is 0 Å². The largest absolute Gasteiger partial charge is 0.493 e. The first kappa shape index (κ1) is 11.0. The van der Waals surface area contributed by atoms with E-state index in [1.807, 2.05) is 6.92 Å². The van der Waals surface area contributed by atoms with Crippen LogP contribution in [0.3, 0.4) is 0 Å². The molecule has 0 aromatic carbocycles. The van der Waals surface area contributed by atoms with Crippen LogP contribution in [0.1, 0.15) is 25.2 Å². The zero-order chi connectivity index (χ0) is 10.6. The van der Waals surface area contributed by atoms with Crippen LogP contribution in [0.25, 0.3) is 0 Å². The number of hydrogen-bond donors (Lipinski definition) is 1. The topological polar surface area (TPSA) is 53.1 Å². The molecule has 14 heavy (non-hydrogen) atoms. The molecule has 80 valence electrons. The van der Waals surface area contributed by atoms with Gasteiger partial charge >= 0.3 is 0 Å². The zero-order valence-electron chi connectivity index (χ0n) is 8.53. The molecule has 1 heterocycles. The Morgan fingerprint density at radius 2 is 2.43 bits per heavy atom. The van der Waals surface area contributed by atoms with Crippen molar-refractivity contribution in [2.75, 3.05) is 13.7 Å². The van der Waals surface area contributed by atoms with Gasteiger partial charge in [0.05, 0.1) is 13.3 Å². The van der Waals surface area contributed by atoms with E-state index in [2.05, 4.69) is 5.10 Å². The molecule has 1 aromatic heterocycles. The summed E-state index contributed by atoms with van der Waals surface area (Å²) < 4.78 is 20.3. The lowest BCUT2D eigenvalue weighted by Crippen LogP contribution is -2.10. The number of rotatable bonds is 5. The van der Waals surface area contributed by atoms with Crippen molar-refractivity contribution in [3.05, 3.63) is 11.9 Å². The molecule has 0 fully saturated rings. The maximum absolute atomic E-state index is 13.6. The fraction of sp³-hybridized carbons (Fsp3) is 0.667. The van der Waals surface area contributed by atoms with Gasteiger partial charge in [-0.15, -0.1) is 0 Å². The third kappa shape index (κ3) is 2.04. The van der Waals surface area contributed by atoms with E-state index in [4.69, 9.17) is 10.5 Å². The number of halogens is 1. The Kier molecular flexibility index (Phi) is 3.88. The van der Waals surface area contributed by atoms with Gasteiger partial charge in [-0.3, -0.25) is 4.68 Å². The van der Waals surface area contributed by atoms with Gasteiger partial charge in [0, 0.05) is 6.54 Å². The summed E-state index contributed by atoms with van der Waals surface area (Å²) in [5.41, 5.74) is 5.79. The van der Waals surface area contributed by atoms with E-state index in [0.29, 0.717) is 31.0 Å². The first-order valence-corrected chi connectivity index (χ1v) is 4.68. The lowest BCUT2D eigenvalue weighted by atomic mass is 10.2. The number of alkyl halides is 1. The molecule has 1 atom stereocenters. The van der Waals surface area contributed by atoms with E-state index in [9.17, 15) is 4.39 Å². The Hall–Kier alpha value is -1.10. The van der Waals surface area contributed by atoms with Crippen molar-refractivity contribution in [1.82, 2.24) is 9.78 Å². The highest BCUT2D eigenvalue weighted by Crippen LogP contribution is 2.29. The van der Waals surface area contributed by atoms with Gasteiger partial charge in [0.15, 0.2) is 5.75 Å². The Labute approximate surface area is 82.8 Å². The van der Waals surface area contributed by atoms with Crippen LogP contribution in [0.2, 0.25) is 0 Å². The summed E-state index contributed by atoms with van der Waals surface area (Å²) in [5.74, 6) is 0.493. The molecule has 0 bridgehead atoms. The Bertz CT molecular complexity index is 266. The number of hydrogen-bond acceptors (Lipinski definition) is 3. The molecule has 1 unspecified atom stereocenters. The van der Waals surface area contributed by atoms with Crippen molar-refractivity contribution in [3.63, 3.8) is 0 Å². The molecule has 2 N–H and O–H groups in total. The lowest BCUT2D eigenvalue weighted by Gasteiger charge is -2.10. The fourth-order valence-corrected chi connectivity index (χ4v) is 1.39. The normalized spacial score (nSPS) is 12.9. The van der Waals surface area contributed by atoms with Gasteiger partial charge in [-0.25, -0.2) is 4.39 Å². The van der Waals surface area contributed by atoms with Gasteiger partial charge in [-0.05, 0) is 19.9 Å². The second-order valence-electron chi connectivity index (χ2n) is 2.96. The average molecular weight is 201 g/mol. The first-order valence-electron chi connectivity index (χ1n) is 4.68. The van der Waals surface area contributed by atoms with Crippen LogP contribution in [-0.4, -0.2) is 23.4 Å². The molecule has 0 spiro atoms. The van der Waals surface area contributed by atoms with Crippen molar-refractivity contribution in [2.45, 2.75) is 26.1 Å². The van der Waals surface area contributed by atoms with Crippen LogP contribution in [-0.2, 0) is 6.54 Å². The predicted octanol–water partition coefficient (Wildman–Crippen LogP) is 1.27. The highest BCUT2D eigenvalue weighted by atomic mass is 19.1. The number of ether oxygens (including phenoxy) is 1. The Balaban J connectivity index is 2.95. The third-order valence-electron chi connectivity index (χ3n) is 2.08. The predicted molar refractivity (Wildman–Crippen MR) is 52.0 cm³/mol. The van der Waals surface area contributed by atoms with Crippen molar-refractivity contribution < 1.29 is 9.13 Å². The van der Waals surface area contributed by atoms with E-state index >= 15 is 0 Å². The van der Waals surface area contributed by atoms with Gasteiger partial charge in [0.2, 0.25) is 0 Å². The molecular formula is C9H16FN3O. The van der Waals surface area contributed by atoms with E-state index < -0.39 is 6.17 Å². The molecular weight excluding hydrogens is 185 g/mol. The third-order valence-corrected chi connectivity index (χ3v) is 2.08. The summed E-state index contributed by atoms with van der Waals surface area (Å²) in [6.45, 7) is 2.86. The standard InChI is InChI=1S/C9H16FN3O/c1-3-13-9(7(10)4-5-11)8(14-2)6-12-13/h6-7H,3-5,11H2,1-2H3. The van der Waals surface area contributed by atoms with Gasteiger partial charge in [0.1, 0.15) is 11.9 Å².